The summed E-state index contributed by atoms with van der Waals surface area (Å²) in [5, 5.41) is 11.2. The van der Waals surface area contributed by atoms with E-state index in [0.717, 1.165) is 36.7 Å². The van der Waals surface area contributed by atoms with E-state index >= 15 is 0 Å². The van der Waals surface area contributed by atoms with Crippen LogP contribution in [-0.2, 0) is 13.0 Å². The first-order valence-corrected chi connectivity index (χ1v) is 11.1. The van der Waals surface area contributed by atoms with Crippen LogP contribution < -0.4 is 0 Å². The Bertz CT molecular complexity index is 933. The molecular formula is C20H20N4O2S2. The van der Waals surface area contributed by atoms with Crippen molar-refractivity contribution in [1.29, 1.82) is 0 Å². The standard InChI is InChI=1S/C20H20N4O2S2/c25-18-16-7-1-2-8-17(16)19(26)24(18)10-3-4-12-28-20-22-21-14-23(20)11-9-15-6-5-13-27-15/h1-2,5-8,13-14H,3-4,9-12H2. The quantitative estimate of drug-likeness (QED) is 0.304. The summed E-state index contributed by atoms with van der Waals surface area (Å²) >= 11 is 3.43. The summed E-state index contributed by atoms with van der Waals surface area (Å²) in [6.07, 6.45) is 4.43. The molecule has 4 rings (SSSR count). The van der Waals surface area contributed by atoms with Crippen LogP contribution in [0.15, 0.2) is 53.3 Å². The molecule has 144 valence electrons. The molecule has 2 amide bonds. The van der Waals surface area contributed by atoms with Gasteiger partial charge in [-0.15, -0.1) is 21.5 Å². The SMILES string of the molecule is O=C1c2ccccc2C(=O)N1CCCCSc1nncn1CCc1cccs1. The molecule has 1 aromatic carbocycles. The smallest absolute Gasteiger partial charge is 0.261 e. The van der Waals surface area contributed by atoms with Gasteiger partial charge in [-0.25, -0.2) is 0 Å². The van der Waals surface area contributed by atoms with Gasteiger partial charge in [0.1, 0.15) is 6.33 Å². The highest BCUT2D eigenvalue weighted by Gasteiger charge is 2.34. The van der Waals surface area contributed by atoms with Crippen molar-refractivity contribution in [3.8, 4) is 0 Å². The van der Waals surface area contributed by atoms with Gasteiger partial charge in [0.05, 0.1) is 11.1 Å². The molecule has 1 aliphatic rings. The van der Waals surface area contributed by atoms with Crippen LogP contribution >= 0.6 is 23.1 Å². The third-order valence-corrected chi connectivity index (χ3v) is 6.65. The molecule has 0 saturated carbocycles. The monoisotopic (exact) mass is 412 g/mol. The Labute approximate surface area is 171 Å². The number of thiophene rings is 1. The van der Waals surface area contributed by atoms with Crippen molar-refractivity contribution in [3.63, 3.8) is 0 Å². The number of carbonyl (C=O) groups is 2. The van der Waals surface area contributed by atoms with Crippen LogP contribution in [0.25, 0.3) is 0 Å². The number of benzene rings is 1. The van der Waals surface area contributed by atoms with E-state index in [9.17, 15) is 9.59 Å². The average molecular weight is 413 g/mol. The molecule has 0 saturated heterocycles. The zero-order valence-electron chi connectivity index (χ0n) is 15.3. The Kier molecular flexibility index (Phi) is 5.87. The van der Waals surface area contributed by atoms with E-state index in [-0.39, 0.29) is 11.8 Å². The summed E-state index contributed by atoms with van der Waals surface area (Å²) in [6.45, 7) is 1.32. The second-order valence-corrected chi connectivity index (χ2v) is 8.59. The van der Waals surface area contributed by atoms with E-state index in [1.165, 1.54) is 9.78 Å². The molecule has 0 atom stereocenters. The van der Waals surface area contributed by atoms with Crippen LogP contribution in [0.3, 0.4) is 0 Å². The molecule has 28 heavy (non-hydrogen) atoms. The zero-order valence-corrected chi connectivity index (χ0v) is 16.9. The van der Waals surface area contributed by atoms with Crippen LogP contribution in [0.5, 0.6) is 0 Å². The number of carbonyl (C=O) groups excluding carboxylic acids is 2. The Morgan fingerprint density at radius 3 is 2.46 bits per heavy atom. The van der Waals surface area contributed by atoms with Gasteiger partial charge in [-0.3, -0.25) is 14.5 Å². The van der Waals surface area contributed by atoms with Crippen molar-refractivity contribution < 1.29 is 9.59 Å². The van der Waals surface area contributed by atoms with Crippen molar-refractivity contribution in [2.24, 2.45) is 0 Å². The number of amides is 2. The van der Waals surface area contributed by atoms with Crippen molar-refractivity contribution in [2.75, 3.05) is 12.3 Å². The Morgan fingerprint density at radius 2 is 1.75 bits per heavy atom. The Morgan fingerprint density at radius 1 is 0.964 bits per heavy atom. The average Bonchev–Trinajstić information content (AvgIpc) is 3.44. The molecule has 2 aromatic heterocycles. The molecule has 1 aliphatic heterocycles. The number of unbranched alkanes of at least 4 members (excludes halogenated alkanes) is 1. The maximum atomic E-state index is 12.4. The fraction of sp³-hybridized carbons (Fsp3) is 0.300. The number of aryl methyl sites for hydroxylation is 2. The molecule has 3 aromatic rings. The summed E-state index contributed by atoms with van der Waals surface area (Å²) in [7, 11) is 0. The maximum Gasteiger partial charge on any atom is 0.261 e. The van der Waals surface area contributed by atoms with Gasteiger partial charge in [-0.1, -0.05) is 30.0 Å². The molecule has 0 fully saturated rings. The van der Waals surface area contributed by atoms with Crippen LogP contribution in [0, 0.1) is 0 Å². The highest BCUT2D eigenvalue weighted by molar-refractivity contribution is 7.99. The van der Waals surface area contributed by atoms with Gasteiger partial charge >= 0.3 is 0 Å². The Balaban J connectivity index is 1.21. The molecule has 0 N–H and O–H groups in total. The molecule has 0 bridgehead atoms. The molecular weight excluding hydrogens is 392 g/mol. The number of nitrogens with zero attached hydrogens (tertiary/aromatic N) is 4. The van der Waals surface area contributed by atoms with E-state index in [1.54, 1.807) is 53.7 Å². The number of imide groups is 1. The van der Waals surface area contributed by atoms with Crippen LogP contribution in [0.2, 0.25) is 0 Å². The number of hydrogen-bond donors (Lipinski definition) is 0. The number of thioether (sulfide) groups is 1. The summed E-state index contributed by atoms with van der Waals surface area (Å²) < 4.78 is 2.08. The fourth-order valence-corrected chi connectivity index (χ4v) is 4.81. The lowest BCUT2D eigenvalue weighted by Gasteiger charge is -2.13. The molecule has 0 radical (unpaired) electrons. The van der Waals surface area contributed by atoms with Crippen molar-refractivity contribution >= 4 is 34.9 Å². The predicted octanol–water partition coefficient (Wildman–Crippen LogP) is 3.75. The van der Waals surface area contributed by atoms with Crippen molar-refractivity contribution in [3.05, 3.63) is 64.1 Å². The molecule has 0 aliphatic carbocycles. The lowest BCUT2D eigenvalue weighted by Crippen LogP contribution is -2.30. The third-order valence-electron chi connectivity index (χ3n) is 4.64. The van der Waals surface area contributed by atoms with E-state index in [2.05, 4.69) is 32.3 Å². The lowest BCUT2D eigenvalue weighted by molar-refractivity contribution is 0.0652. The van der Waals surface area contributed by atoms with E-state index < -0.39 is 0 Å². The van der Waals surface area contributed by atoms with Gasteiger partial charge in [0, 0.05) is 23.7 Å². The van der Waals surface area contributed by atoms with Gasteiger partial charge in [-0.2, -0.15) is 0 Å². The minimum absolute atomic E-state index is 0.179. The topological polar surface area (TPSA) is 68.1 Å². The maximum absolute atomic E-state index is 12.4. The number of aromatic nitrogens is 3. The first kappa shape index (κ1) is 18.9. The van der Waals surface area contributed by atoms with Crippen LogP contribution in [0.1, 0.15) is 38.4 Å². The highest BCUT2D eigenvalue weighted by atomic mass is 32.2. The molecule has 0 spiro atoms. The second-order valence-electron chi connectivity index (χ2n) is 6.50. The number of rotatable bonds is 9. The van der Waals surface area contributed by atoms with E-state index in [4.69, 9.17) is 0 Å². The van der Waals surface area contributed by atoms with E-state index in [1.807, 2.05) is 0 Å². The second kappa shape index (κ2) is 8.70. The molecule has 6 nitrogen and oxygen atoms in total. The van der Waals surface area contributed by atoms with Gasteiger partial charge in [0.25, 0.3) is 11.8 Å². The summed E-state index contributed by atoms with van der Waals surface area (Å²) in [5.41, 5.74) is 1.03. The number of hydrogen-bond acceptors (Lipinski definition) is 6. The van der Waals surface area contributed by atoms with Gasteiger partial charge in [-0.05, 0) is 42.8 Å². The predicted molar refractivity (Wildman–Crippen MR) is 110 cm³/mol. The zero-order chi connectivity index (χ0) is 19.3. The first-order chi connectivity index (χ1) is 13.7. The summed E-state index contributed by atoms with van der Waals surface area (Å²) in [6, 6.07) is 11.2. The van der Waals surface area contributed by atoms with Crippen molar-refractivity contribution in [1.82, 2.24) is 19.7 Å². The van der Waals surface area contributed by atoms with Gasteiger partial charge < -0.3 is 4.57 Å². The first-order valence-electron chi connectivity index (χ1n) is 9.22. The molecule has 8 heteroatoms. The normalized spacial score (nSPS) is 13.4. The van der Waals surface area contributed by atoms with Crippen LogP contribution in [-0.4, -0.2) is 43.8 Å². The van der Waals surface area contributed by atoms with Gasteiger partial charge in [0.2, 0.25) is 0 Å². The fourth-order valence-electron chi connectivity index (χ4n) is 3.17. The lowest BCUT2D eigenvalue weighted by atomic mass is 10.1. The Hall–Kier alpha value is -2.45. The highest BCUT2D eigenvalue weighted by Crippen LogP contribution is 2.23. The molecule has 3 heterocycles. The molecule has 0 unspecified atom stereocenters. The van der Waals surface area contributed by atoms with Crippen LogP contribution in [0.4, 0.5) is 0 Å². The third kappa shape index (κ3) is 4.02. The van der Waals surface area contributed by atoms with Gasteiger partial charge in [0.15, 0.2) is 5.16 Å². The summed E-state index contributed by atoms with van der Waals surface area (Å²) in [4.78, 5) is 27.4. The number of fused-ring (bicyclic) bond motifs is 1. The summed E-state index contributed by atoms with van der Waals surface area (Å²) in [5.74, 6) is 0.518. The minimum atomic E-state index is -0.179. The largest absolute Gasteiger partial charge is 0.308 e. The van der Waals surface area contributed by atoms with Crippen molar-refractivity contribution in [2.45, 2.75) is 31.0 Å². The minimum Gasteiger partial charge on any atom is -0.308 e. The van der Waals surface area contributed by atoms with E-state index in [0.29, 0.717) is 17.7 Å².